The van der Waals surface area contributed by atoms with Crippen LogP contribution >= 0.6 is 0 Å². The van der Waals surface area contributed by atoms with E-state index in [9.17, 15) is 0 Å². The largest absolute Gasteiger partial charge is 0.351 e. The highest BCUT2D eigenvalue weighted by Gasteiger charge is 2.21. The maximum atomic E-state index is 4.36. The molecule has 0 saturated carbocycles. The Kier molecular flexibility index (Phi) is 4.50. The second-order valence-corrected chi connectivity index (χ2v) is 5.50. The summed E-state index contributed by atoms with van der Waals surface area (Å²) < 4.78 is 2.29. The molecule has 0 aromatic carbocycles. The van der Waals surface area contributed by atoms with Crippen molar-refractivity contribution in [1.29, 1.82) is 0 Å². The van der Waals surface area contributed by atoms with Gasteiger partial charge in [0.2, 0.25) is 5.95 Å². The molecule has 1 saturated heterocycles. The number of hydrogen-bond donors (Lipinski definition) is 1. The monoisotopic (exact) mass is 285 g/mol. The first kappa shape index (κ1) is 14.1. The van der Waals surface area contributed by atoms with E-state index in [0.29, 0.717) is 6.04 Å². The zero-order chi connectivity index (χ0) is 14.5. The summed E-state index contributed by atoms with van der Waals surface area (Å²) in [5.74, 6) is 0.848. The fraction of sp³-hybridized carbons (Fsp3) is 0.500. The number of piperidine rings is 1. The molecule has 0 radical (unpaired) electrons. The number of nitrogens with one attached hydrogen (secondary N) is 1. The molecule has 1 aliphatic rings. The van der Waals surface area contributed by atoms with Gasteiger partial charge in [-0.25, -0.2) is 9.97 Å². The molecule has 3 heterocycles. The molecule has 0 spiro atoms. The lowest BCUT2D eigenvalue weighted by Gasteiger charge is -2.33. The molecule has 1 N–H and O–H groups in total. The number of aryl methyl sites for hydroxylation is 1. The molecule has 0 amide bonds. The molecule has 3 rings (SSSR count). The topological polar surface area (TPSA) is 46.0 Å². The minimum absolute atomic E-state index is 0.503. The van der Waals surface area contributed by atoms with Crippen LogP contribution in [0.25, 0.3) is 0 Å². The summed E-state index contributed by atoms with van der Waals surface area (Å²) in [5.41, 5.74) is 1.35. The van der Waals surface area contributed by atoms with E-state index in [1.54, 1.807) is 0 Å². The van der Waals surface area contributed by atoms with Crippen molar-refractivity contribution < 1.29 is 0 Å². The third kappa shape index (κ3) is 3.42. The summed E-state index contributed by atoms with van der Waals surface area (Å²) in [4.78, 5) is 11.0. The Morgan fingerprint density at radius 1 is 1.29 bits per heavy atom. The van der Waals surface area contributed by atoms with Crippen LogP contribution < -0.4 is 10.2 Å². The van der Waals surface area contributed by atoms with Crippen LogP contribution in [0.1, 0.15) is 25.5 Å². The lowest BCUT2D eigenvalue weighted by molar-refractivity contribution is 0.413. The van der Waals surface area contributed by atoms with Crippen LogP contribution in [0.2, 0.25) is 0 Å². The summed E-state index contributed by atoms with van der Waals surface area (Å²) in [5, 5.41) is 3.68. The third-order valence-electron chi connectivity index (χ3n) is 4.09. The SMILES string of the molecule is CCn1cccc1CNC1CCCN(c2ncccn2)C1. The van der Waals surface area contributed by atoms with Gasteiger partial charge in [-0.05, 0) is 38.0 Å². The van der Waals surface area contributed by atoms with Crippen LogP contribution in [-0.2, 0) is 13.1 Å². The predicted molar refractivity (Wildman–Crippen MR) is 84.2 cm³/mol. The predicted octanol–water partition coefficient (Wildman–Crippen LogP) is 2.06. The van der Waals surface area contributed by atoms with E-state index in [1.165, 1.54) is 18.5 Å². The van der Waals surface area contributed by atoms with Crippen LogP contribution in [0, 0.1) is 0 Å². The van der Waals surface area contributed by atoms with Crippen molar-refractivity contribution in [3.05, 3.63) is 42.5 Å². The maximum absolute atomic E-state index is 4.36. The minimum atomic E-state index is 0.503. The van der Waals surface area contributed by atoms with E-state index in [0.717, 1.165) is 32.1 Å². The normalized spacial score (nSPS) is 18.9. The van der Waals surface area contributed by atoms with Crippen molar-refractivity contribution in [1.82, 2.24) is 19.9 Å². The highest BCUT2D eigenvalue weighted by molar-refractivity contribution is 5.29. The number of aromatic nitrogens is 3. The van der Waals surface area contributed by atoms with Crippen LogP contribution in [0.3, 0.4) is 0 Å². The fourth-order valence-electron chi connectivity index (χ4n) is 2.95. The van der Waals surface area contributed by atoms with Gasteiger partial charge in [0.05, 0.1) is 0 Å². The molecule has 0 aliphatic carbocycles. The fourth-order valence-corrected chi connectivity index (χ4v) is 2.95. The van der Waals surface area contributed by atoms with Gasteiger partial charge in [0.1, 0.15) is 0 Å². The Hall–Kier alpha value is -1.88. The van der Waals surface area contributed by atoms with E-state index in [-0.39, 0.29) is 0 Å². The summed E-state index contributed by atoms with van der Waals surface area (Å²) in [6.45, 7) is 6.16. The van der Waals surface area contributed by atoms with E-state index in [2.05, 4.69) is 50.0 Å². The van der Waals surface area contributed by atoms with Crippen molar-refractivity contribution in [2.75, 3.05) is 18.0 Å². The Bertz CT molecular complexity index is 551. The molecule has 0 bridgehead atoms. The van der Waals surface area contributed by atoms with Crippen molar-refractivity contribution in [3.8, 4) is 0 Å². The first-order chi connectivity index (χ1) is 10.4. The third-order valence-corrected chi connectivity index (χ3v) is 4.09. The zero-order valence-electron chi connectivity index (χ0n) is 12.6. The summed E-state index contributed by atoms with van der Waals surface area (Å²) >= 11 is 0. The number of anilines is 1. The summed E-state index contributed by atoms with van der Waals surface area (Å²) in [6, 6.07) is 6.67. The Labute approximate surface area is 126 Å². The van der Waals surface area contributed by atoms with Gasteiger partial charge in [0.15, 0.2) is 0 Å². The smallest absolute Gasteiger partial charge is 0.225 e. The molecule has 2 aromatic rings. The highest BCUT2D eigenvalue weighted by atomic mass is 15.3. The molecule has 5 heteroatoms. The molecule has 112 valence electrons. The summed E-state index contributed by atoms with van der Waals surface area (Å²) in [7, 11) is 0. The Morgan fingerprint density at radius 2 is 2.14 bits per heavy atom. The van der Waals surface area contributed by atoms with Gasteiger partial charge < -0.3 is 14.8 Å². The number of hydrogen-bond acceptors (Lipinski definition) is 4. The highest BCUT2D eigenvalue weighted by Crippen LogP contribution is 2.15. The molecule has 5 nitrogen and oxygen atoms in total. The van der Waals surface area contributed by atoms with Gasteiger partial charge in [0.25, 0.3) is 0 Å². The number of nitrogens with zero attached hydrogens (tertiary/aromatic N) is 4. The van der Waals surface area contributed by atoms with Gasteiger partial charge >= 0.3 is 0 Å². The van der Waals surface area contributed by atoms with Crippen LogP contribution in [-0.4, -0.2) is 33.7 Å². The quantitative estimate of drug-likeness (QED) is 0.913. The Balaban J connectivity index is 1.57. The molecule has 1 unspecified atom stereocenters. The van der Waals surface area contributed by atoms with Crippen molar-refractivity contribution >= 4 is 5.95 Å². The lowest BCUT2D eigenvalue weighted by atomic mass is 10.1. The first-order valence-electron chi connectivity index (χ1n) is 7.76. The first-order valence-corrected chi connectivity index (χ1v) is 7.76. The zero-order valence-corrected chi connectivity index (χ0v) is 12.6. The minimum Gasteiger partial charge on any atom is -0.351 e. The van der Waals surface area contributed by atoms with Crippen molar-refractivity contribution in [2.24, 2.45) is 0 Å². The van der Waals surface area contributed by atoms with E-state index in [1.807, 2.05) is 18.5 Å². The Morgan fingerprint density at radius 3 is 2.95 bits per heavy atom. The lowest BCUT2D eigenvalue weighted by Crippen LogP contribution is -2.46. The molecule has 1 fully saturated rings. The average molecular weight is 285 g/mol. The van der Waals surface area contributed by atoms with Gasteiger partial charge in [-0.2, -0.15) is 0 Å². The van der Waals surface area contributed by atoms with E-state index >= 15 is 0 Å². The average Bonchev–Trinajstić information content (AvgIpc) is 3.01. The molecular formula is C16H23N5. The van der Waals surface area contributed by atoms with E-state index in [4.69, 9.17) is 0 Å². The summed E-state index contributed by atoms with van der Waals surface area (Å²) in [6.07, 6.45) is 8.17. The van der Waals surface area contributed by atoms with E-state index < -0.39 is 0 Å². The van der Waals surface area contributed by atoms with Crippen LogP contribution in [0.15, 0.2) is 36.8 Å². The molecule has 2 aromatic heterocycles. The van der Waals surface area contributed by atoms with Gasteiger partial charge in [-0.3, -0.25) is 0 Å². The van der Waals surface area contributed by atoms with Crippen LogP contribution in [0.4, 0.5) is 5.95 Å². The van der Waals surface area contributed by atoms with Gasteiger partial charge in [-0.1, -0.05) is 0 Å². The van der Waals surface area contributed by atoms with Crippen molar-refractivity contribution in [2.45, 2.75) is 38.9 Å². The van der Waals surface area contributed by atoms with Crippen LogP contribution in [0.5, 0.6) is 0 Å². The molecule has 21 heavy (non-hydrogen) atoms. The van der Waals surface area contributed by atoms with Gasteiger partial charge in [-0.15, -0.1) is 0 Å². The second-order valence-electron chi connectivity index (χ2n) is 5.50. The standard InChI is InChI=1S/C16H23N5/c1-2-20-10-4-7-15(20)12-19-14-6-3-11-21(13-14)16-17-8-5-9-18-16/h4-5,7-10,14,19H,2-3,6,11-13H2,1H3. The molecule has 1 atom stereocenters. The van der Waals surface area contributed by atoms with Gasteiger partial charge in [0, 0.05) is 56.5 Å². The maximum Gasteiger partial charge on any atom is 0.225 e. The van der Waals surface area contributed by atoms with Crippen molar-refractivity contribution in [3.63, 3.8) is 0 Å². The number of rotatable bonds is 5. The second kappa shape index (κ2) is 6.72. The molecular weight excluding hydrogens is 262 g/mol. The molecule has 1 aliphatic heterocycles.